The molecule has 2 unspecified atom stereocenters. The van der Waals surface area contributed by atoms with Gasteiger partial charge in [0.15, 0.2) is 0 Å². The number of halogens is 1. The number of benzene rings is 1. The summed E-state index contributed by atoms with van der Waals surface area (Å²) in [5.41, 5.74) is 0.918. The van der Waals surface area contributed by atoms with Gasteiger partial charge in [0, 0.05) is 44.6 Å². The summed E-state index contributed by atoms with van der Waals surface area (Å²) in [6, 6.07) is 4.99. The van der Waals surface area contributed by atoms with Crippen LogP contribution < -0.4 is 4.90 Å². The molecule has 2 heterocycles. The van der Waals surface area contributed by atoms with Gasteiger partial charge in [0.1, 0.15) is 5.82 Å². The van der Waals surface area contributed by atoms with Crippen molar-refractivity contribution in [2.24, 2.45) is 0 Å². The van der Waals surface area contributed by atoms with Crippen molar-refractivity contribution in [3.05, 3.63) is 29.6 Å². The Kier molecular flexibility index (Phi) is 5.66. The summed E-state index contributed by atoms with van der Waals surface area (Å²) in [6.07, 6.45) is 3.17. The molecule has 2 aliphatic rings. The van der Waals surface area contributed by atoms with E-state index >= 15 is 0 Å². The molecule has 4 nitrogen and oxygen atoms in total. The molecular weight excluding hydrogens is 327 g/mol. The van der Waals surface area contributed by atoms with E-state index in [1.54, 1.807) is 31.1 Å². The summed E-state index contributed by atoms with van der Waals surface area (Å²) in [5.74, 6) is 1.59. The monoisotopic (exact) mass is 352 g/mol. The van der Waals surface area contributed by atoms with Crippen LogP contribution in [0.25, 0.3) is 0 Å². The van der Waals surface area contributed by atoms with Crippen molar-refractivity contribution in [2.75, 3.05) is 43.7 Å². The van der Waals surface area contributed by atoms with E-state index in [-0.39, 0.29) is 23.9 Å². The number of anilines is 1. The summed E-state index contributed by atoms with van der Waals surface area (Å²) in [6.45, 7) is 1.39. The number of thioether (sulfide) groups is 1. The lowest BCUT2D eigenvalue weighted by atomic mass is 10.1. The fraction of sp³-hybridized carbons (Fsp3) is 0.611. The standard InChI is InChI=1S/C18H25FN2O2S/c1-20(2)17-6-5-13(10-16(17)19)18(22)21(14-7-9-24-12-14)11-15-4-3-8-23-15/h5-6,10,14-15H,3-4,7-9,11-12H2,1-2H3. The first kappa shape index (κ1) is 17.5. The van der Waals surface area contributed by atoms with Gasteiger partial charge in [-0.1, -0.05) is 0 Å². The van der Waals surface area contributed by atoms with Crippen molar-refractivity contribution in [3.63, 3.8) is 0 Å². The highest BCUT2D eigenvalue weighted by Gasteiger charge is 2.31. The molecular formula is C18H25FN2O2S. The van der Waals surface area contributed by atoms with Gasteiger partial charge in [0.05, 0.1) is 11.8 Å². The topological polar surface area (TPSA) is 32.8 Å². The minimum absolute atomic E-state index is 0.0813. The van der Waals surface area contributed by atoms with Crippen LogP contribution in [0.15, 0.2) is 18.2 Å². The number of ether oxygens (including phenoxy) is 1. The maximum absolute atomic E-state index is 14.3. The van der Waals surface area contributed by atoms with E-state index in [1.807, 2.05) is 16.7 Å². The Balaban J connectivity index is 1.80. The number of carbonyl (C=O) groups excluding carboxylic acids is 1. The first-order chi connectivity index (χ1) is 11.6. The summed E-state index contributed by atoms with van der Waals surface area (Å²) >= 11 is 1.88. The summed E-state index contributed by atoms with van der Waals surface area (Å²) in [4.78, 5) is 16.7. The first-order valence-corrected chi connectivity index (χ1v) is 9.69. The van der Waals surface area contributed by atoms with Crippen LogP contribution in [-0.2, 0) is 4.74 Å². The van der Waals surface area contributed by atoms with E-state index in [0.29, 0.717) is 17.8 Å². The van der Waals surface area contributed by atoms with Gasteiger partial charge < -0.3 is 14.5 Å². The Labute approximate surface area is 147 Å². The zero-order valence-electron chi connectivity index (χ0n) is 14.3. The second-order valence-corrected chi connectivity index (χ2v) is 7.82. The molecule has 2 atom stereocenters. The van der Waals surface area contributed by atoms with E-state index in [2.05, 4.69) is 0 Å². The van der Waals surface area contributed by atoms with Gasteiger partial charge in [-0.25, -0.2) is 4.39 Å². The van der Waals surface area contributed by atoms with Crippen LogP contribution in [-0.4, -0.2) is 61.7 Å². The Hall–Kier alpha value is -1.27. The predicted octanol–water partition coefficient (Wildman–Crippen LogP) is 3.02. The molecule has 2 aliphatic heterocycles. The van der Waals surface area contributed by atoms with Crippen LogP contribution in [0.5, 0.6) is 0 Å². The normalized spacial score (nSPS) is 23.5. The maximum atomic E-state index is 14.3. The van der Waals surface area contributed by atoms with Crippen LogP contribution in [0, 0.1) is 5.82 Å². The first-order valence-electron chi connectivity index (χ1n) is 8.53. The summed E-state index contributed by atoms with van der Waals surface area (Å²) in [5, 5.41) is 0. The van der Waals surface area contributed by atoms with Crippen molar-refractivity contribution in [1.82, 2.24) is 4.90 Å². The van der Waals surface area contributed by atoms with Gasteiger partial charge in [-0.05, 0) is 43.2 Å². The third-order valence-electron chi connectivity index (χ3n) is 4.71. The zero-order chi connectivity index (χ0) is 17.1. The summed E-state index contributed by atoms with van der Waals surface area (Å²) in [7, 11) is 3.58. The van der Waals surface area contributed by atoms with Gasteiger partial charge in [-0.3, -0.25) is 4.79 Å². The fourth-order valence-electron chi connectivity index (χ4n) is 3.34. The molecule has 6 heteroatoms. The number of hydrogen-bond acceptors (Lipinski definition) is 4. The largest absolute Gasteiger partial charge is 0.376 e. The molecule has 1 aromatic rings. The van der Waals surface area contributed by atoms with Crippen molar-refractivity contribution in [3.8, 4) is 0 Å². The highest BCUT2D eigenvalue weighted by Crippen LogP contribution is 2.27. The molecule has 24 heavy (non-hydrogen) atoms. The lowest BCUT2D eigenvalue weighted by molar-refractivity contribution is 0.0441. The zero-order valence-corrected chi connectivity index (χ0v) is 15.2. The fourth-order valence-corrected chi connectivity index (χ4v) is 4.57. The van der Waals surface area contributed by atoms with Crippen LogP contribution in [0.4, 0.5) is 10.1 Å². The minimum atomic E-state index is -0.358. The highest BCUT2D eigenvalue weighted by molar-refractivity contribution is 7.99. The third kappa shape index (κ3) is 3.86. The van der Waals surface area contributed by atoms with Gasteiger partial charge in [0.25, 0.3) is 5.91 Å². The van der Waals surface area contributed by atoms with Crippen LogP contribution in [0.3, 0.4) is 0 Å². The Morgan fingerprint density at radius 2 is 2.21 bits per heavy atom. The van der Waals surface area contributed by atoms with Crippen molar-refractivity contribution in [2.45, 2.75) is 31.4 Å². The van der Waals surface area contributed by atoms with E-state index in [1.165, 1.54) is 6.07 Å². The van der Waals surface area contributed by atoms with Gasteiger partial charge >= 0.3 is 0 Å². The Bertz CT molecular complexity index is 584. The number of amides is 1. The number of carbonyl (C=O) groups is 1. The number of rotatable bonds is 5. The van der Waals surface area contributed by atoms with E-state index < -0.39 is 0 Å². The second kappa shape index (κ2) is 7.74. The molecule has 2 fully saturated rings. The van der Waals surface area contributed by atoms with E-state index in [4.69, 9.17) is 4.74 Å². The third-order valence-corrected chi connectivity index (χ3v) is 5.85. The Morgan fingerprint density at radius 3 is 2.79 bits per heavy atom. The minimum Gasteiger partial charge on any atom is -0.376 e. The van der Waals surface area contributed by atoms with Crippen molar-refractivity contribution >= 4 is 23.4 Å². The second-order valence-electron chi connectivity index (χ2n) is 6.67. The van der Waals surface area contributed by atoms with Crippen molar-refractivity contribution in [1.29, 1.82) is 0 Å². The van der Waals surface area contributed by atoms with E-state index in [9.17, 15) is 9.18 Å². The molecule has 0 saturated carbocycles. The predicted molar refractivity (Wildman–Crippen MR) is 96.5 cm³/mol. The maximum Gasteiger partial charge on any atom is 0.254 e. The molecule has 0 spiro atoms. The molecule has 0 aromatic heterocycles. The number of nitrogens with zero attached hydrogens (tertiary/aromatic N) is 2. The molecule has 1 amide bonds. The van der Waals surface area contributed by atoms with Gasteiger partial charge in [-0.15, -0.1) is 0 Å². The van der Waals surface area contributed by atoms with Crippen LogP contribution in [0.1, 0.15) is 29.6 Å². The molecule has 0 bridgehead atoms. The quantitative estimate of drug-likeness (QED) is 0.816. The lowest BCUT2D eigenvalue weighted by Crippen LogP contribution is -2.44. The SMILES string of the molecule is CN(C)c1ccc(C(=O)N(CC2CCCO2)C2CCSC2)cc1F. The molecule has 2 saturated heterocycles. The molecule has 0 aliphatic carbocycles. The summed E-state index contributed by atoms with van der Waals surface area (Å²) < 4.78 is 20.0. The van der Waals surface area contributed by atoms with Gasteiger partial charge in [-0.2, -0.15) is 11.8 Å². The smallest absolute Gasteiger partial charge is 0.254 e. The lowest BCUT2D eigenvalue weighted by Gasteiger charge is -2.31. The Morgan fingerprint density at radius 1 is 1.38 bits per heavy atom. The molecule has 0 radical (unpaired) electrons. The highest BCUT2D eigenvalue weighted by atomic mass is 32.2. The molecule has 0 N–H and O–H groups in total. The molecule has 132 valence electrons. The van der Waals surface area contributed by atoms with Gasteiger partial charge in [0.2, 0.25) is 0 Å². The molecule has 1 aromatic carbocycles. The average Bonchev–Trinajstić information content (AvgIpc) is 3.25. The van der Waals surface area contributed by atoms with Crippen molar-refractivity contribution < 1.29 is 13.9 Å². The number of hydrogen-bond donors (Lipinski definition) is 0. The van der Waals surface area contributed by atoms with Crippen LogP contribution in [0.2, 0.25) is 0 Å². The average molecular weight is 352 g/mol. The molecule has 3 rings (SSSR count). The van der Waals surface area contributed by atoms with Crippen LogP contribution >= 0.6 is 11.8 Å². The van der Waals surface area contributed by atoms with E-state index in [0.717, 1.165) is 37.4 Å².